The monoisotopic (exact) mass is 342 g/mol. The Balaban J connectivity index is 1.84. The van der Waals surface area contributed by atoms with E-state index in [1.165, 1.54) is 24.8 Å². The Morgan fingerprint density at radius 1 is 1.25 bits per heavy atom. The van der Waals surface area contributed by atoms with Gasteiger partial charge in [-0.05, 0) is 37.8 Å². The highest BCUT2D eigenvalue weighted by molar-refractivity contribution is 7.26. The molecule has 0 spiro atoms. The van der Waals surface area contributed by atoms with Gasteiger partial charge in [-0.1, -0.05) is 0 Å². The van der Waals surface area contributed by atoms with E-state index in [1.807, 2.05) is 0 Å². The van der Waals surface area contributed by atoms with Crippen LogP contribution in [0, 0.1) is 6.92 Å². The number of nitrogens with zero attached hydrogens (tertiary/aromatic N) is 4. The molecule has 126 valence electrons. The summed E-state index contributed by atoms with van der Waals surface area (Å²) in [5.41, 5.74) is 7.82. The molecule has 1 aliphatic heterocycles. The zero-order valence-electron chi connectivity index (χ0n) is 13.9. The van der Waals surface area contributed by atoms with Crippen molar-refractivity contribution in [2.45, 2.75) is 26.2 Å². The van der Waals surface area contributed by atoms with E-state index >= 15 is 0 Å². The predicted molar refractivity (Wildman–Crippen MR) is 101 cm³/mol. The summed E-state index contributed by atoms with van der Waals surface area (Å²) in [6.45, 7) is 5.63. The van der Waals surface area contributed by atoms with E-state index in [4.69, 9.17) is 10.7 Å². The van der Waals surface area contributed by atoms with Crippen LogP contribution in [0.15, 0.2) is 12.4 Å². The van der Waals surface area contributed by atoms with E-state index in [1.54, 1.807) is 17.7 Å². The van der Waals surface area contributed by atoms with Crippen LogP contribution in [-0.4, -0.2) is 41.1 Å². The van der Waals surface area contributed by atoms with Crippen LogP contribution in [-0.2, 0) is 0 Å². The van der Waals surface area contributed by atoms with Gasteiger partial charge in [-0.15, -0.1) is 11.3 Å². The Bertz CT molecular complexity index is 868. The SMILES string of the molecule is Cc1cc(N2CCCCC2)nc2sc3c(NCCN)ncnc3c12. The molecule has 1 saturated heterocycles. The van der Waals surface area contributed by atoms with Gasteiger partial charge in [0.2, 0.25) is 0 Å². The zero-order valence-corrected chi connectivity index (χ0v) is 14.7. The lowest BCUT2D eigenvalue weighted by atomic mass is 10.1. The van der Waals surface area contributed by atoms with Gasteiger partial charge in [0.25, 0.3) is 0 Å². The molecule has 0 saturated carbocycles. The first-order valence-corrected chi connectivity index (χ1v) is 9.33. The van der Waals surface area contributed by atoms with Gasteiger partial charge in [0.1, 0.15) is 22.8 Å². The number of aryl methyl sites for hydroxylation is 1. The molecule has 3 aromatic heterocycles. The summed E-state index contributed by atoms with van der Waals surface area (Å²) in [6.07, 6.45) is 5.45. The molecule has 0 aromatic carbocycles. The Morgan fingerprint density at radius 2 is 2.08 bits per heavy atom. The lowest BCUT2D eigenvalue weighted by Crippen LogP contribution is -2.30. The van der Waals surface area contributed by atoms with Crippen LogP contribution in [0.5, 0.6) is 0 Å². The Hall–Kier alpha value is -1.99. The van der Waals surface area contributed by atoms with Gasteiger partial charge in [0.05, 0.1) is 10.2 Å². The molecule has 24 heavy (non-hydrogen) atoms. The van der Waals surface area contributed by atoms with Crippen molar-refractivity contribution in [3.63, 3.8) is 0 Å². The molecule has 3 N–H and O–H groups in total. The van der Waals surface area contributed by atoms with Crippen molar-refractivity contribution in [2.75, 3.05) is 36.4 Å². The number of nitrogens with two attached hydrogens (primary N) is 1. The maximum atomic E-state index is 5.60. The Morgan fingerprint density at radius 3 is 2.88 bits per heavy atom. The third-order valence-electron chi connectivity index (χ3n) is 4.53. The number of rotatable bonds is 4. The van der Waals surface area contributed by atoms with Crippen molar-refractivity contribution < 1.29 is 0 Å². The van der Waals surface area contributed by atoms with Crippen molar-refractivity contribution in [1.82, 2.24) is 15.0 Å². The number of hydrogen-bond donors (Lipinski definition) is 2. The number of thiophene rings is 1. The highest BCUT2D eigenvalue weighted by atomic mass is 32.1. The second-order valence-electron chi connectivity index (χ2n) is 6.24. The number of piperidine rings is 1. The van der Waals surface area contributed by atoms with Gasteiger partial charge in [-0.3, -0.25) is 0 Å². The minimum absolute atomic E-state index is 0.576. The second-order valence-corrected chi connectivity index (χ2v) is 7.24. The van der Waals surface area contributed by atoms with Crippen LogP contribution in [0.2, 0.25) is 0 Å². The third kappa shape index (κ3) is 2.67. The van der Waals surface area contributed by atoms with E-state index in [0.29, 0.717) is 13.1 Å². The molecule has 4 heterocycles. The number of aromatic nitrogens is 3. The fourth-order valence-corrected chi connectivity index (χ4v) is 4.50. The third-order valence-corrected chi connectivity index (χ3v) is 5.61. The molecule has 7 heteroatoms. The zero-order chi connectivity index (χ0) is 16.5. The topological polar surface area (TPSA) is 80.0 Å². The Kier molecular flexibility index (Phi) is 4.20. The minimum atomic E-state index is 0.576. The molecular weight excluding hydrogens is 320 g/mol. The summed E-state index contributed by atoms with van der Waals surface area (Å²) in [5, 5.41) is 4.44. The quantitative estimate of drug-likeness (QED) is 0.759. The van der Waals surface area contributed by atoms with Gasteiger partial charge in [0.15, 0.2) is 0 Å². The first kappa shape index (κ1) is 15.5. The average molecular weight is 342 g/mol. The molecular formula is C17H22N6S. The van der Waals surface area contributed by atoms with Crippen molar-refractivity contribution in [3.8, 4) is 0 Å². The molecule has 6 nitrogen and oxygen atoms in total. The number of fused-ring (bicyclic) bond motifs is 3. The van der Waals surface area contributed by atoms with Crippen LogP contribution < -0.4 is 16.0 Å². The first-order valence-electron chi connectivity index (χ1n) is 8.51. The van der Waals surface area contributed by atoms with E-state index in [0.717, 1.165) is 45.2 Å². The maximum Gasteiger partial charge on any atom is 0.147 e. The summed E-state index contributed by atoms with van der Waals surface area (Å²) in [6, 6.07) is 2.20. The minimum Gasteiger partial charge on any atom is -0.368 e. The van der Waals surface area contributed by atoms with E-state index in [2.05, 4.69) is 33.2 Å². The second kappa shape index (κ2) is 6.49. The van der Waals surface area contributed by atoms with E-state index < -0.39 is 0 Å². The average Bonchev–Trinajstić information content (AvgIpc) is 3.00. The van der Waals surface area contributed by atoms with E-state index in [-0.39, 0.29) is 0 Å². The van der Waals surface area contributed by atoms with Gasteiger partial charge < -0.3 is 16.0 Å². The summed E-state index contributed by atoms with van der Waals surface area (Å²) in [4.78, 5) is 17.3. The molecule has 1 aliphatic rings. The van der Waals surface area contributed by atoms with Gasteiger partial charge in [0, 0.05) is 31.6 Å². The molecule has 3 aromatic rings. The molecule has 0 aliphatic carbocycles. The summed E-state index contributed by atoms with van der Waals surface area (Å²) in [5.74, 6) is 1.95. The standard InChI is InChI=1S/C17H22N6S/c1-11-9-12(23-7-3-2-4-8-23)22-17-13(11)14-15(24-17)16(19-6-5-18)21-10-20-14/h9-10H,2-8,18H2,1H3,(H,19,20,21). The van der Waals surface area contributed by atoms with Crippen LogP contribution >= 0.6 is 11.3 Å². The fraction of sp³-hybridized carbons (Fsp3) is 0.471. The van der Waals surface area contributed by atoms with Crippen molar-refractivity contribution >= 4 is 43.4 Å². The highest BCUT2D eigenvalue weighted by Crippen LogP contribution is 2.38. The lowest BCUT2D eigenvalue weighted by Gasteiger charge is -2.28. The number of nitrogens with one attached hydrogen (secondary N) is 1. The maximum absolute atomic E-state index is 5.60. The van der Waals surface area contributed by atoms with Gasteiger partial charge in [-0.2, -0.15) is 0 Å². The molecule has 0 radical (unpaired) electrons. The predicted octanol–water partition coefficient (Wildman–Crippen LogP) is 2.91. The van der Waals surface area contributed by atoms with Gasteiger partial charge >= 0.3 is 0 Å². The molecule has 1 fully saturated rings. The smallest absolute Gasteiger partial charge is 0.147 e. The molecule has 4 rings (SSSR count). The van der Waals surface area contributed by atoms with Crippen molar-refractivity contribution in [3.05, 3.63) is 18.0 Å². The van der Waals surface area contributed by atoms with Crippen LogP contribution in [0.4, 0.5) is 11.6 Å². The van der Waals surface area contributed by atoms with Crippen molar-refractivity contribution in [2.24, 2.45) is 5.73 Å². The van der Waals surface area contributed by atoms with Crippen LogP contribution in [0.1, 0.15) is 24.8 Å². The largest absolute Gasteiger partial charge is 0.368 e. The first-order chi connectivity index (χ1) is 11.8. The molecule has 0 bridgehead atoms. The summed E-state index contributed by atoms with van der Waals surface area (Å²) < 4.78 is 1.06. The van der Waals surface area contributed by atoms with Gasteiger partial charge in [-0.25, -0.2) is 15.0 Å². The van der Waals surface area contributed by atoms with Crippen LogP contribution in [0.25, 0.3) is 20.4 Å². The van der Waals surface area contributed by atoms with Crippen molar-refractivity contribution in [1.29, 1.82) is 0 Å². The molecule has 0 amide bonds. The summed E-state index contributed by atoms with van der Waals surface area (Å²) >= 11 is 1.66. The number of anilines is 2. The molecule has 0 atom stereocenters. The number of pyridine rings is 1. The summed E-state index contributed by atoms with van der Waals surface area (Å²) in [7, 11) is 0. The molecule has 0 unspecified atom stereocenters. The highest BCUT2D eigenvalue weighted by Gasteiger charge is 2.18. The normalized spacial score (nSPS) is 15.3. The van der Waals surface area contributed by atoms with E-state index in [9.17, 15) is 0 Å². The lowest BCUT2D eigenvalue weighted by molar-refractivity contribution is 0.574. The number of hydrogen-bond acceptors (Lipinski definition) is 7. The Labute approximate surface area is 145 Å². The van der Waals surface area contributed by atoms with Crippen LogP contribution in [0.3, 0.4) is 0 Å². The fourth-order valence-electron chi connectivity index (χ4n) is 3.34.